The normalized spacial score (nSPS) is 15.6. The van der Waals surface area contributed by atoms with Gasteiger partial charge in [-0.15, -0.1) is 0 Å². The number of nitrogens with zero attached hydrogens (tertiary/aromatic N) is 2. The molecule has 0 bridgehead atoms. The number of thiocarbonyl (C=S) groups is 1. The van der Waals surface area contributed by atoms with E-state index in [0.717, 1.165) is 23.9 Å². The van der Waals surface area contributed by atoms with Crippen LogP contribution in [0.15, 0.2) is 24.4 Å². The maximum absolute atomic E-state index is 5.50. The molecule has 18 heavy (non-hydrogen) atoms. The molecule has 1 saturated carbocycles. The Morgan fingerprint density at radius 1 is 1.44 bits per heavy atom. The highest BCUT2D eigenvalue weighted by Gasteiger charge is 2.18. The minimum absolute atomic E-state index is 0.579. The first kappa shape index (κ1) is 13.3. The van der Waals surface area contributed by atoms with Gasteiger partial charge in [0, 0.05) is 18.8 Å². The summed E-state index contributed by atoms with van der Waals surface area (Å²) >= 11 is 5.50. The maximum Gasteiger partial charge on any atom is 0.169 e. The van der Waals surface area contributed by atoms with Gasteiger partial charge in [-0.2, -0.15) is 0 Å². The minimum atomic E-state index is 0.579. The van der Waals surface area contributed by atoms with E-state index in [1.165, 1.54) is 25.7 Å². The molecular weight excluding hydrogens is 242 g/mol. The van der Waals surface area contributed by atoms with Gasteiger partial charge in [-0.3, -0.25) is 4.98 Å². The highest BCUT2D eigenvalue weighted by molar-refractivity contribution is 7.80. The first-order valence-electron chi connectivity index (χ1n) is 6.75. The van der Waals surface area contributed by atoms with E-state index in [9.17, 15) is 0 Å². The zero-order valence-electron chi connectivity index (χ0n) is 10.9. The molecule has 1 heterocycles. The Kier molecular flexibility index (Phi) is 4.93. The first-order chi connectivity index (χ1) is 8.79. The quantitative estimate of drug-likeness (QED) is 0.846. The zero-order chi connectivity index (χ0) is 12.8. The van der Waals surface area contributed by atoms with Crippen molar-refractivity contribution in [2.24, 2.45) is 0 Å². The molecule has 4 heteroatoms. The topological polar surface area (TPSA) is 28.2 Å². The third-order valence-corrected chi connectivity index (χ3v) is 3.81. The molecule has 0 aromatic carbocycles. The number of rotatable bonds is 4. The van der Waals surface area contributed by atoms with Crippen molar-refractivity contribution in [3.63, 3.8) is 0 Å². The van der Waals surface area contributed by atoms with Gasteiger partial charge in [-0.1, -0.05) is 18.9 Å². The molecule has 1 aromatic heterocycles. The summed E-state index contributed by atoms with van der Waals surface area (Å²) in [5.41, 5.74) is 1.06. The van der Waals surface area contributed by atoms with E-state index >= 15 is 0 Å². The van der Waals surface area contributed by atoms with Crippen LogP contribution in [-0.4, -0.2) is 27.6 Å². The summed E-state index contributed by atoms with van der Waals surface area (Å²) in [5.74, 6) is 0. The Morgan fingerprint density at radius 3 is 2.83 bits per heavy atom. The van der Waals surface area contributed by atoms with Crippen molar-refractivity contribution in [2.75, 3.05) is 6.54 Å². The molecule has 0 spiro atoms. The van der Waals surface area contributed by atoms with Crippen LogP contribution in [0, 0.1) is 0 Å². The standard InChI is InChI=1S/C14H21N3S/c1-2-17(11-13-9-5-6-10-15-13)14(18)16-12-7-3-4-8-12/h5-6,9-10,12H,2-4,7-8,11H2,1H3,(H,16,18). The lowest BCUT2D eigenvalue weighted by atomic mass is 10.2. The lowest BCUT2D eigenvalue weighted by molar-refractivity contribution is 0.412. The van der Waals surface area contributed by atoms with Gasteiger partial charge in [0.15, 0.2) is 5.11 Å². The molecule has 0 amide bonds. The minimum Gasteiger partial charge on any atom is -0.360 e. The third-order valence-electron chi connectivity index (χ3n) is 3.43. The van der Waals surface area contributed by atoms with Crippen molar-refractivity contribution in [3.8, 4) is 0 Å². The molecule has 1 aromatic rings. The Balaban J connectivity index is 1.89. The van der Waals surface area contributed by atoms with Crippen LogP contribution in [0.1, 0.15) is 38.3 Å². The van der Waals surface area contributed by atoms with Crippen LogP contribution in [0.5, 0.6) is 0 Å². The van der Waals surface area contributed by atoms with Crippen molar-refractivity contribution in [1.29, 1.82) is 0 Å². The lowest BCUT2D eigenvalue weighted by Gasteiger charge is -2.26. The fourth-order valence-electron chi connectivity index (χ4n) is 2.35. The van der Waals surface area contributed by atoms with Gasteiger partial charge in [0.1, 0.15) is 0 Å². The molecule has 98 valence electrons. The number of aromatic nitrogens is 1. The van der Waals surface area contributed by atoms with Crippen LogP contribution >= 0.6 is 12.2 Å². The maximum atomic E-state index is 5.50. The number of pyridine rings is 1. The number of nitrogens with one attached hydrogen (secondary N) is 1. The molecule has 1 aliphatic rings. The van der Waals surface area contributed by atoms with E-state index in [-0.39, 0.29) is 0 Å². The summed E-state index contributed by atoms with van der Waals surface area (Å²) in [6.45, 7) is 3.83. The Labute approximate surface area is 115 Å². The Hall–Kier alpha value is -1.16. The van der Waals surface area contributed by atoms with Crippen LogP contribution in [0.2, 0.25) is 0 Å². The van der Waals surface area contributed by atoms with Gasteiger partial charge in [0.2, 0.25) is 0 Å². The van der Waals surface area contributed by atoms with Crippen LogP contribution in [0.3, 0.4) is 0 Å². The molecular formula is C14H21N3S. The SMILES string of the molecule is CCN(Cc1ccccn1)C(=S)NC1CCCC1. The summed E-state index contributed by atoms with van der Waals surface area (Å²) in [6.07, 6.45) is 6.98. The molecule has 1 N–H and O–H groups in total. The monoisotopic (exact) mass is 263 g/mol. The largest absolute Gasteiger partial charge is 0.360 e. The van der Waals surface area contributed by atoms with Gasteiger partial charge in [0.25, 0.3) is 0 Å². The molecule has 1 aliphatic carbocycles. The van der Waals surface area contributed by atoms with E-state index in [4.69, 9.17) is 12.2 Å². The Morgan fingerprint density at radius 2 is 2.22 bits per heavy atom. The molecule has 0 aliphatic heterocycles. The van der Waals surface area contributed by atoms with Gasteiger partial charge in [0.05, 0.1) is 12.2 Å². The highest BCUT2D eigenvalue weighted by Crippen LogP contribution is 2.18. The van der Waals surface area contributed by atoms with Crippen LogP contribution in [0.25, 0.3) is 0 Å². The predicted octanol–water partition coefficient (Wildman–Crippen LogP) is 2.72. The van der Waals surface area contributed by atoms with Crippen LogP contribution < -0.4 is 5.32 Å². The van der Waals surface area contributed by atoms with E-state index in [2.05, 4.69) is 22.1 Å². The van der Waals surface area contributed by atoms with Crippen molar-refractivity contribution >= 4 is 17.3 Å². The van der Waals surface area contributed by atoms with Crippen molar-refractivity contribution in [1.82, 2.24) is 15.2 Å². The van der Waals surface area contributed by atoms with Crippen LogP contribution in [0.4, 0.5) is 0 Å². The van der Waals surface area contributed by atoms with Gasteiger partial charge >= 0.3 is 0 Å². The van der Waals surface area contributed by atoms with Crippen molar-refractivity contribution in [3.05, 3.63) is 30.1 Å². The van der Waals surface area contributed by atoms with E-state index in [0.29, 0.717) is 6.04 Å². The first-order valence-corrected chi connectivity index (χ1v) is 7.15. The molecule has 0 unspecified atom stereocenters. The second-order valence-corrected chi connectivity index (χ2v) is 5.15. The predicted molar refractivity (Wildman–Crippen MR) is 78.3 cm³/mol. The fraction of sp³-hybridized carbons (Fsp3) is 0.571. The van der Waals surface area contributed by atoms with E-state index in [1.807, 2.05) is 24.4 Å². The summed E-state index contributed by atoms with van der Waals surface area (Å²) in [6, 6.07) is 6.58. The summed E-state index contributed by atoms with van der Waals surface area (Å²) in [5, 5.41) is 4.35. The van der Waals surface area contributed by atoms with Gasteiger partial charge in [-0.05, 0) is 44.1 Å². The third kappa shape index (κ3) is 3.67. The van der Waals surface area contributed by atoms with Crippen LogP contribution in [-0.2, 0) is 6.54 Å². The van der Waals surface area contributed by atoms with Crippen molar-refractivity contribution in [2.45, 2.75) is 45.2 Å². The molecule has 2 rings (SSSR count). The Bertz CT molecular complexity index is 374. The van der Waals surface area contributed by atoms with Crippen molar-refractivity contribution < 1.29 is 0 Å². The summed E-state index contributed by atoms with van der Waals surface area (Å²) < 4.78 is 0. The number of hydrogen-bond acceptors (Lipinski definition) is 2. The number of hydrogen-bond donors (Lipinski definition) is 1. The average Bonchev–Trinajstić information content (AvgIpc) is 2.90. The summed E-state index contributed by atoms with van der Waals surface area (Å²) in [7, 11) is 0. The lowest BCUT2D eigenvalue weighted by Crippen LogP contribution is -2.43. The molecule has 0 saturated heterocycles. The highest BCUT2D eigenvalue weighted by atomic mass is 32.1. The van der Waals surface area contributed by atoms with Gasteiger partial charge in [-0.25, -0.2) is 0 Å². The van der Waals surface area contributed by atoms with E-state index in [1.54, 1.807) is 0 Å². The average molecular weight is 263 g/mol. The summed E-state index contributed by atoms with van der Waals surface area (Å²) in [4.78, 5) is 6.53. The zero-order valence-corrected chi connectivity index (χ0v) is 11.7. The van der Waals surface area contributed by atoms with Gasteiger partial charge < -0.3 is 10.2 Å². The molecule has 1 fully saturated rings. The smallest absolute Gasteiger partial charge is 0.169 e. The fourth-order valence-corrected chi connectivity index (χ4v) is 2.71. The molecule has 0 atom stereocenters. The molecule has 0 radical (unpaired) electrons. The second-order valence-electron chi connectivity index (χ2n) is 4.77. The van der Waals surface area contributed by atoms with E-state index < -0.39 is 0 Å². The molecule has 3 nitrogen and oxygen atoms in total. The second kappa shape index (κ2) is 6.69.